The first-order valence-corrected chi connectivity index (χ1v) is 6.04. The van der Waals surface area contributed by atoms with E-state index in [1.165, 1.54) is 29.7 Å². The van der Waals surface area contributed by atoms with Crippen LogP contribution in [-0.2, 0) is 0 Å². The van der Waals surface area contributed by atoms with Gasteiger partial charge in [0.15, 0.2) is 0 Å². The SMILES string of the molecule is C#Cc1cc(F)cc(C=NNc2nc(C)cs2)c1. The summed E-state index contributed by atoms with van der Waals surface area (Å²) in [4.78, 5) is 4.18. The van der Waals surface area contributed by atoms with E-state index in [1.54, 1.807) is 6.07 Å². The zero-order valence-electron chi connectivity index (χ0n) is 9.64. The third-order valence-corrected chi connectivity index (χ3v) is 2.94. The Morgan fingerprint density at radius 3 is 3.00 bits per heavy atom. The van der Waals surface area contributed by atoms with Crippen LogP contribution in [-0.4, -0.2) is 11.2 Å². The maximum absolute atomic E-state index is 13.2. The number of terminal acetylenes is 1. The molecule has 0 spiro atoms. The minimum atomic E-state index is -0.378. The Kier molecular flexibility index (Phi) is 3.70. The van der Waals surface area contributed by atoms with E-state index in [1.807, 2.05) is 12.3 Å². The van der Waals surface area contributed by atoms with Crippen molar-refractivity contribution in [1.29, 1.82) is 0 Å². The second-order valence-electron chi connectivity index (χ2n) is 3.58. The summed E-state index contributed by atoms with van der Waals surface area (Å²) < 4.78 is 13.2. The van der Waals surface area contributed by atoms with Crippen LogP contribution >= 0.6 is 11.3 Å². The Hall–Kier alpha value is -2.19. The number of hydrogen-bond acceptors (Lipinski definition) is 4. The fraction of sp³-hybridized carbons (Fsp3) is 0.0769. The lowest BCUT2D eigenvalue weighted by Gasteiger charge is -1.97. The van der Waals surface area contributed by atoms with Gasteiger partial charge in [-0.25, -0.2) is 9.37 Å². The Labute approximate surface area is 108 Å². The van der Waals surface area contributed by atoms with Gasteiger partial charge in [-0.3, -0.25) is 5.43 Å². The zero-order chi connectivity index (χ0) is 13.0. The number of nitrogens with one attached hydrogen (secondary N) is 1. The van der Waals surface area contributed by atoms with Crippen molar-refractivity contribution in [2.75, 3.05) is 5.43 Å². The van der Waals surface area contributed by atoms with Crippen LogP contribution in [0.5, 0.6) is 0 Å². The van der Waals surface area contributed by atoms with Crippen LogP contribution in [0.4, 0.5) is 9.52 Å². The highest BCUT2D eigenvalue weighted by Gasteiger charge is 1.98. The van der Waals surface area contributed by atoms with Gasteiger partial charge in [-0.1, -0.05) is 5.92 Å². The molecule has 18 heavy (non-hydrogen) atoms. The summed E-state index contributed by atoms with van der Waals surface area (Å²) in [5.41, 5.74) is 4.79. The molecule has 0 atom stereocenters. The van der Waals surface area contributed by atoms with E-state index >= 15 is 0 Å². The predicted molar refractivity (Wildman–Crippen MR) is 72.4 cm³/mol. The van der Waals surface area contributed by atoms with Gasteiger partial charge in [0.1, 0.15) is 5.82 Å². The maximum atomic E-state index is 13.2. The molecule has 0 radical (unpaired) electrons. The first-order valence-electron chi connectivity index (χ1n) is 5.16. The standard InChI is InChI=1S/C13H10FN3S/c1-3-10-4-11(6-12(14)5-10)7-15-17-13-16-9(2)8-18-13/h1,4-8H,2H3,(H,16,17). The van der Waals surface area contributed by atoms with Crippen LogP contribution in [0.1, 0.15) is 16.8 Å². The van der Waals surface area contributed by atoms with Crippen LogP contribution < -0.4 is 5.43 Å². The van der Waals surface area contributed by atoms with E-state index in [0.29, 0.717) is 16.3 Å². The van der Waals surface area contributed by atoms with Crippen molar-refractivity contribution in [1.82, 2.24) is 4.98 Å². The second kappa shape index (κ2) is 5.43. The monoisotopic (exact) mass is 259 g/mol. The Balaban J connectivity index is 2.09. The largest absolute Gasteiger partial charge is 0.253 e. The third-order valence-electron chi connectivity index (χ3n) is 2.08. The first-order chi connectivity index (χ1) is 8.67. The number of nitrogens with zero attached hydrogens (tertiary/aromatic N) is 2. The Morgan fingerprint density at radius 1 is 1.50 bits per heavy atom. The molecule has 1 heterocycles. The van der Waals surface area contributed by atoms with Crippen LogP contribution in [0.15, 0.2) is 28.7 Å². The van der Waals surface area contributed by atoms with E-state index in [-0.39, 0.29) is 5.82 Å². The number of anilines is 1. The number of hydrogen-bond donors (Lipinski definition) is 1. The molecule has 0 saturated heterocycles. The van der Waals surface area contributed by atoms with Crippen molar-refractivity contribution < 1.29 is 4.39 Å². The molecule has 5 heteroatoms. The van der Waals surface area contributed by atoms with Gasteiger partial charge in [0.2, 0.25) is 5.13 Å². The number of aryl methyl sites for hydroxylation is 1. The molecule has 0 aliphatic rings. The zero-order valence-corrected chi connectivity index (χ0v) is 10.5. The van der Waals surface area contributed by atoms with Gasteiger partial charge in [-0.15, -0.1) is 17.8 Å². The van der Waals surface area contributed by atoms with Crippen LogP contribution in [0, 0.1) is 25.1 Å². The van der Waals surface area contributed by atoms with E-state index in [9.17, 15) is 4.39 Å². The van der Waals surface area contributed by atoms with Gasteiger partial charge in [0.25, 0.3) is 0 Å². The van der Waals surface area contributed by atoms with Gasteiger partial charge >= 0.3 is 0 Å². The highest BCUT2D eigenvalue weighted by Crippen LogP contribution is 2.14. The van der Waals surface area contributed by atoms with Crippen LogP contribution in [0.3, 0.4) is 0 Å². The predicted octanol–water partition coefficient (Wildman–Crippen LogP) is 3.02. The molecule has 0 bridgehead atoms. The molecule has 90 valence electrons. The van der Waals surface area contributed by atoms with Crippen LogP contribution in [0.25, 0.3) is 0 Å². The van der Waals surface area contributed by atoms with E-state index in [2.05, 4.69) is 21.4 Å². The fourth-order valence-electron chi connectivity index (χ4n) is 1.34. The molecule has 2 aromatic rings. The number of hydrazone groups is 1. The van der Waals surface area contributed by atoms with Crippen molar-refractivity contribution in [3.05, 3.63) is 46.2 Å². The van der Waals surface area contributed by atoms with Gasteiger partial charge in [-0.05, 0) is 30.7 Å². The summed E-state index contributed by atoms with van der Waals surface area (Å²) in [5, 5.41) is 6.58. The molecular weight excluding hydrogens is 249 g/mol. The minimum Gasteiger partial charge on any atom is -0.253 e. The molecule has 1 aromatic carbocycles. The summed E-state index contributed by atoms with van der Waals surface area (Å²) in [6.07, 6.45) is 6.73. The van der Waals surface area contributed by atoms with E-state index in [0.717, 1.165) is 5.69 Å². The summed E-state index contributed by atoms with van der Waals surface area (Å²) in [6.45, 7) is 1.90. The number of rotatable bonds is 3. The van der Waals surface area contributed by atoms with Crippen LogP contribution in [0.2, 0.25) is 0 Å². The highest BCUT2D eigenvalue weighted by atomic mass is 32.1. The smallest absolute Gasteiger partial charge is 0.203 e. The highest BCUT2D eigenvalue weighted by molar-refractivity contribution is 7.13. The maximum Gasteiger partial charge on any atom is 0.203 e. The normalized spacial score (nSPS) is 10.5. The summed E-state index contributed by atoms with van der Waals surface area (Å²) in [6, 6.07) is 4.34. The lowest BCUT2D eigenvalue weighted by Crippen LogP contribution is -1.92. The molecule has 1 aromatic heterocycles. The van der Waals surface area contributed by atoms with Crippen molar-refractivity contribution in [2.24, 2.45) is 5.10 Å². The molecule has 0 saturated carbocycles. The number of halogens is 1. The van der Waals surface area contributed by atoms with E-state index in [4.69, 9.17) is 6.42 Å². The first kappa shape index (κ1) is 12.3. The number of aromatic nitrogens is 1. The molecular formula is C13H10FN3S. The second-order valence-corrected chi connectivity index (χ2v) is 4.44. The molecule has 2 rings (SSSR count). The van der Waals surface area contributed by atoms with Crippen molar-refractivity contribution in [3.8, 4) is 12.3 Å². The minimum absolute atomic E-state index is 0.378. The van der Waals surface area contributed by atoms with Crippen molar-refractivity contribution >= 4 is 22.7 Å². The summed E-state index contributed by atoms with van der Waals surface area (Å²) >= 11 is 1.45. The van der Waals surface area contributed by atoms with Gasteiger partial charge < -0.3 is 0 Å². The third kappa shape index (κ3) is 3.15. The Morgan fingerprint density at radius 2 is 2.33 bits per heavy atom. The fourth-order valence-corrected chi connectivity index (χ4v) is 1.97. The average molecular weight is 259 g/mol. The van der Waals surface area contributed by atoms with E-state index < -0.39 is 0 Å². The molecule has 0 unspecified atom stereocenters. The molecule has 0 fully saturated rings. The molecule has 0 aliphatic heterocycles. The molecule has 0 amide bonds. The van der Waals surface area contributed by atoms with Gasteiger partial charge in [-0.2, -0.15) is 5.10 Å². The molecule has 0 aliphatic carbocycles. The summed E-state index contributed by atoms with van der Waals surface area (Å²) in [7, 11) is 0. The number of benzene rings is 1. The number of thiazole rings is 1. The van der Waals surface area contributed by atoms with Gasteiger partial charge in [0.05, 0.1) is 11.9 Å². The lowest BCUT2D eigenvalue weighted by atomic mass is 10.1. The quantitative estimate of drug-likeness (QED) is 0.522. The summed E-state index contributed by atoms with van der Waals surface area (Å²) in [5.74, 6) is 2.01. The average Bonchev–Trinajstić information content (AvgIpc) is 2.74. The van der Waals surface area contributed by atoms with Gasteiger partial charge in [0, 0.05) is 10.9 Å². The molecule has 1 N–H and O–H groups in total. The topological polar surface area (TPSA) is 37.3 Å². The van der Waals surface area contributed by atoms with Crippen molar-refractivity contribution in [3.63, 3.8) is 0 Å². The van der Waals surface area contributed by atoms with Crippen molar-refractivity contribution in [2.45, 2.75) is 6.92 Å². The Bertz CT molecular complexity index is 625. The molecule has 3 nitrogen and oxygen atoms in total. The lowest BCUT2D eigenvalue weighted by molar-refractivity contribution is 0.627.